The van der Waals surface area contributed by atoms with Crippen LogP contribution < -0.4 is 5.32 Å². The molecule has 0 saturated carbocycles. The van der Waals surface area contributed by atoms with Gasteiger partial charge in [-0.1, -0.05) is 16.9 Å². The van der Waals surface area contributed by atoms with Crippen molar-refractivity contribution in [2.75, 3.05) is 14.2 Å². The lowest BCUT2D eigenvalue weighted by Gasteiger charge is -2.01. The van der Waals surface area contributed by atoms with Crippen LogP contribution in [0.3, 0.4) is 0 Å². The minimum absolute atomic E-state index is 0.327. The van der Waals surface area contributed by atoms with Gasteiger partial charge in [-0.15, -0.1) is 10.2 Å². The molecule has 0 atom stereocenters. The number of rotatable bonds is 7. The summed E-state index contributed by atoms with van der Waals surface area (Å²) in [5, 5.41) is 15.9. The second-order valence-corrected chi connectivity index (χ2v) is 4.76. The van der Waals surface area contributed by atoms with Crippen LogP contribution in [0.25, 0.3) is 0 Å². The van der Waals surface area contributed by atoms with Crippen LogP contribution >= 0.6 is 11.8 Å². The highest BCUT2D eigenvalue weighted by atomic mass is 32.2. The van der Waals surface area contributed by atoms with Gasteiger partial charge in [0.15, 0.2) is 11.0 Å². The minimum Gasteiger partial charge on any atom is -0.375 e. The molecule has 0 aliphatic heterocycles. The molecule has 0 spiro atoms. The summed E-state index contributed by atoms with van der Waals surface area (Å²) < 4.78 is 11.9. The topological polar surface area (TPSA) is 90.9 Å². The van der Waals surface area contributed by atoms with Crippen molar-refractivity contribution in [1.29, 1.82) is 0 Å². The van der Waals surface area contributed by atoms with E-state index in [1.807, 2.05) is 18.7 Å². The van der Waals surface area contributed by atoms with Crippen LogP contribution in [-0.2, 0) is 30.7 Å². The number of aromatic nitrogens is 5. The standard InChI is InChI=1S/C10H16N6O2S/c1-11-4-8-13-14-10(16(8)2)19-6-7-12-9(5-17-3)18-15-7/h11H,4-6H2,1-3H3. The summed E-state index contributed by atoms with van der Waals surface area (Å²) >= 11 is 1.51. The number of hydrogen-bond acceptors (Lipinski definition) is 8. The molecule has 2 aromatic rings. The summed E-state index contributed by atoms with van der Waals surface area (Å²) in [5.41, 5.74) is 0. The van der Waals surface area contributed by atoms with Gasteiger partial charge in [0.05, 0.1) is 12.3 Å². The molecule has 104 valence electrons. The van der Waals surface area contributed by atoms with E-state index in [-0.39, 0.29) is 0 Å². The van der Waals surface area contributed by atoms with Gasteiger partial charge in [-0.3, -0.25) is 0 Å². The van der Waals surface area contributed by atoms with Crippen LogP contribution in [0.1, 0.15) is 17.5 Å². The molecule has 0 amide bonds. The molecule has 1 N–H and O–H groups in total. The average Bonchev–Trinajstić information content (AvgIpc) is 2.97. The van der Waals surface area contributed by atoms with Crippen molar-refractivity contribution in [3.05, 3.63) is 17.5 Å². The molecule has 0 aromatic carbocycles. The van der Waals surface area contributed by atoms with Gasteiger partial charge in [0.2, 0.25) is 0 Å². The average molecular weight is 284 g/mol. The highest BCUT2D eigenvalue weighted by Gasteiger charge is 2.11. The highest BCUT2D eigenvalue weighted by molar-refractivity contribution is 7.98. The SMILES string of the molecule is CNCc1nnc(SCc2noc(COC)n2)n1C. The third-order valence-corrected chi connectivity index (χ3v) is 3.38. The molecule has 0 fully saturated rings. The lowest BCUT2D eigenvalue weighted by atomic mass is 10.6. The summed E-state index contributed by atoms with van der Waals surface area (Å²) in [6, 6.07) is 0. The Hall–Kier alpha value is -1.45. The third-order valence-electron chi connectivity index (χ3n) is 2.37. The fourth-order valence-electron chi connectivity index (χ4n) is 1.44. The molecule has 19 heavy (non-hydrogen) atoms. The number of methoxy groups -OCH3 is 1. The highest BCUT2D eigenvalue weighted by Crippen LogP contribution is 2.19. The number of nitrogens with zero attached hydrogens (tertiary/aromatic N) is 5. The van der Waals surface area contributed by atoms with Crippen molar-refractivity contribution < 1.29 is 9.26 Å². The Morgan fingerprint density at radius 2 is 2.26 bits per heavy atom. The second kappa shape index (κ2) is 6.64. The zero-order valence-electron chi connectivity index (χ0n) is 11.1. The van der Waals surface area contributed by atoms with Gasteiger partial charge in [-0.25, -0.2) is 0 Å². The van der Waals surface area contributed by atoms with E-state index >= 15 is 0 Å². The Morgan fingerprint density at radius 3 is 3.00 bits per heavy atom. The molecule has 0 aliphatic carbocycles. The lowest BCUT2D eigenvalue weighted by molar-refractivity contribution is 0.151. The molecule has 0 saturated heterocycles. The fourth-order valence-corrected chi connectivity index (χ4v) is 2.22. The van der Waals surface area contributed by atoms with Crippen LogP contribution in [0.5, 0.6) is 0 Å². The molecular formula is C10H16N6O2S. The summed E-state index contributed by atoms with van der Waals surface area (Å²) in [6.45, 7) is 1.01. The van der Waals surface area contributed by atoms with Crippen LogP contribution in [-0.4, -0.2) is 39.1 Å². The molecule has 8 nitrogen and oxygen atoms in total. The normalized spacial score (nSPS) is 11.1. The maximum atomic E-state index is 5.02. The van der Waals surface area contributed by atoms with Gasteiger partial charge in [0.1, 0.15) is 12.4 Å². The largest absolute Gasteiger partial charge is 0.375 e. The first-order valence-corrected chi connectivity index (χ1v) is 6.69. The lowest BCUT2D eigenvalue weighted by Crippen LogP contribution is -2.10. The van der Waals surface area contributed by atoms with Crippen LogP contribution in [0.15, 0.2) is 9.68 Å². The van der Waals surface area contributed by atoms with Gasteiger partial charge in [0, 0.05) is 14.2 Å². The van der Waals surface area contributed by atoms with Crippen molar-refractivity contribution >= 4 is 11.8 Å². The van der Waals surface area contributed by atoms with Gasteiger partial charge in [-0.2, -0.15) is 4.98 Å². The molecule has 2 heterocycles. The summed E-state index contributed by atoms with van der Waals surface area (Å²) in [4.78, 5) is 4.19. The molecule has 0 radical (unpaired) electrons. The summed E-state index contributed by atoms with van der Waals surface area (Å²) in [5.74, 6) is 2.57. The Balaban J connectivity index is 1.94. The quantitative estimate of drug-likeness (QED) is 0.729. The van der Waals surface area contributed by atoms with E-state index in [4.69, 9.17) is 9.26 Å². The van der Waals surface area contributed by atoms with E-state index in [2.05, 4.69) is 25.7 Å². The Bertz CT molecular complexity index is 526. The van der Waals surface area contributed by atoms with E-state index in [1.165, 1.54) is 11.8 Å². The van der Waals surface area contributed by atoms with Crippen LogP contribution in [0.2, 0.25) is 0 Å². The fraction of sp³-hybridized carbons (Fsp3) is 0.600. The molecule has 0 aliphatic rings. The smallest absolute Gasteiger partial charge is 0.252 e. The number of hydrogen-bond donors (Lipinski definition) is 1. The minimum atomic E-state index is 0.327. The van der Waals surface area contributed by atoms with E-state index in [0.717, 1.165) is 11.0 Å². The van der Waals surface area contributed by atoms with E-state index in [0.29, 0.717) is 30.6 Å². The molecule has 9 heteroatoms. The number of nitrogens with one attached hydrogen (secondary N) is 1. The van der Waals surface area contributed by atoms with E-state index in [1.54, 1.807) is 7.11 Å². The predicted octanol–water partition coefficient (Wildman–Crippen LogP) is 0.356. The summed E-state index contributed by atoms with van der Waals surface area (Å²) in [6.07, 6.45) is 0. The number of ether oxygens (including phenoxy) is 1. The first-order valence-electron chi connectivity index (χ1n) is 5.70. The first kappa shape index (κ1) is 14.0. The van der Waals surface area contributed by atoms with E-state index in [9.17, 15) is 0 Å². The molecule has 2 rings (SSSR count). The zero-order chi connectivity index (χ0) is 13.7. The molecular weight excluding hydrogens is 268 g/mol. The van der Waals surface area contributed by atoms with Crippen LogP contribution in [0, 0.1) is 0 Å². The predicted molar refractivity (Wildman–Crippen MR) is 68.3 cm³/mol. The molecule has 2 aromatic heterocycles. The Labute approximate surface area is 114 Å². The van der Waals surface area contributed by atoms with Gasteiger partial charge in [-0.05, 0) is 7.05 Å². The maximum Gasteiger partial charge on any atom is 0.252 e. The first-order chi connectivity index (χ1) is 9.24. The van der Waals surface area contributed by atoms with Crippen molar-refractivity contribution in [2.24, 2.45) is 7.05 Å². The van der Waals surface area contributed by atoms with Crippen molar-refractivity contribution in [3.8, 4) is 0 Å². The van der Waals surface area contributed by atoms with Gasteiger partial charge in [0.25, 0.3) is 5.89 Å². The van der Waals surface area contributed by atoms with Crippen molar-refractivity contribution in [3.63, 3.8) is 0 Å². The maximum absolute atomic E-state index is 5.02. The Morgan fingerprint density at radius 1 is 1.42 bits per heavy atom. The van der Waals surface area contributed by atoms with Crippen molar-refractivity contribution in [1.82, 2.24) is 30.2 Å². The van der Waals surface area contributed by atoms with Gasteiger partial charge < -0.3 is 19.1 Å². The zero-order valence-corrected chi connectivity index (χ0v) is 11.9. The second-order valence-electron chi connectivity index (χ2n) is 3.81. The molecule has 0 unspecified atom stereocenters. The van der Waals surface area contributed by atoms with Crippen molar-refractivity contribution in [2.45, 2.75) is 24.1 Å². The summed E-state index contributed by atoms with van der Waals surface area (Å²) in [7, 11) is 5.39. The Kier molecular flexibility index (Phi) is 4.88. The number of thioether (sulfide) groups is 1. The third kappa shape index (κ3) is 3.52. The molecule has 0 bridgehead atoms. The van der Waals surface area contributed by atoms with Crippen LogP contribution in [0.4, 0.5) is 0 Å². The van der Waals surface area contributed by atoms with E-state index < -0.39 is 0 Å². The van der Waals surface area contributed by atoms with Gasteiger partial charge >= 0.3 is 0 Å². The monoisotopic (exact) mass is 284 g/mol.